The maximum absolute atomic E-state index is 11.4. The normalized spacial score (nSPS) is 13.4. The number of Topliss-reactive ketones (excluding diaryl/α,β-unsaturated/α-hetero) is 1. The summed E-state index contributed by atoms with van der Waals surface area (Å²) in [6.45, 7) is 3.19. The van der Waals surface area contributed by atoms with Crippen molar-refractivity contribution < 1.29 is 4.79 Å². The third kappa shape index (κ3) is 1.91. The van der Waals surface area contributed by atoms with E-state index in [1.54, 1.807) is 13.0 Å². The first kappa shape index (κ1) is 11.0. The Hall–Kier alpha value is -2.07. The Kier molecular flexibility index (Phi) is 2.64. The number of ketones is 1. The average Bonchev–Trinajstić information content (AvgIpc) is 2.86. The van der Waals surface area contributed by atoms with Gasteiger partial charge >= 0.3 is 0 Å². The van der Waals surface area contributed by atoms with Crippen molar-refractivity contribution in [3.8, 4) is 11.4 Å². The fourth-order valence-corrected chi connectivity index (χ4v) is 2.07. The molecular formula is C14H13N3O. The number of nitrogens with one attached hydrogen (secondary N) is 1. The predicted octanol–water partition coefficient (Wildman–Crippen LogP) is 1.95. The first-order valence-electron chi connectivity index (χ1n) is 5.91. The zero-order valence-electron chi connectivity index (χ0n) is 10.1. The summed E-state index contributed by atoms with van der Waals surface area (Å²) in [6, 6.07) is 7.44. The van der Waals surface area contributed by atoms with Gasteiger partial charge in [-0.05, 0) is 13.0 Å². The van der Waals surface area contributed by atoms with E-state index in [1.807, 2.05) is 24.4 Å². The Morgan fingerprint density at radius 2 is 2.22 bits per heavy atom. The van der Waals surface area contributed by atoms with Crippen LogP contribution in [0.15, 0.2) is 30.5 Å². The molecule has 0 radical (unpaired) electrons. The molecule has 0 unspecified atom stereocenters. The molecular weight excluding hydrogens is 226 g/mol. The molecule has 0 spiro atoms. The van der Waals surface area contributed by atoms with E-state index in [2.05, 4.69) is 15.3 Å². The van der Waals surface area contributed by atoms with Gasteiger partial charge in [0, 0.05) is 36.0 Å². The van der Waals surface area contributed by atoms with Gasteiger partial charge in [-0.2, -0.15) is 0 Å². The summed E-state index contributed by atoms with van der Waals surface area (Å²) in [5, 5.41) is 3.24. The highest BCUT2D eigenvalue weighted by Crippen LogP contribution is 2.20. The third-order valence-electron chi connectivity index (χ3n) is 3.09. The first-order valence-corrected chi connectivity index (χ1v) is 5.91. The zero-order chi connectivity index (χ0) is 12.5. The molecule has 0 saturated heterocycles. The summed E-state index contributed by atoms with van der Waals surface area (Å²) < 4.78 is 0. The van der Waals surface area contributed by atoms with Crippen molar-refractivity contribution in [2.24, 2.45) is 0 Å². The summed E-state index contributed by atoms with van der Waals surface area (Å²) in [6.07, 6.45) is 1.86. The summed E-state index contributed by atoms with van der Waals surface area (Å²) in [5.41, 5.74) is 3.78. The van der Waals surface area contributed by atoms with Crippen molar-refractivity contribution >= 4 is 5.78 Å². The van der Waals surface area contributed by atoms with E-state index in [0.717, 1.165) is 29.9 Å². The van der Waals surface area contributed by atoms with Crippen LogP contribution < -0.4 is 5.32 Å². The van der Waals surface area contributed by atoms with Crippen LogP contribution in [0.5, 0.6) is 0 Å². The van der Waals surface area contributed by atoms with Crippen molar-refractivity contribution in [3.63, 3.8) is 0 Å². The van der Waals surface area contributed by atoms with Crippen molar-refractivity contribution in [2.45, 2.75) is 20.0 Å². The number of benzene rings is 1. The lowest BCUT2D eigenvalue weighted by Gasteiger charge is -2.04. The highest BCUT2D eigenvalue weighted by Gasteiger charge is 2.13. The highest BCUT2D eigenvalue weighted by atomic mass is 16.1. The second kappa shape index (κ2) is 4.31. The van der Waals surface area contributed by atoms with Crippen LogP contribution >= 0.6 is 0 Å². The number of hydrogen-bond acceptors (Lipinski definition) is 4. The van der Waals surface area contributed by atoms with E-state index >= 15 is 0 Å². The number of carbonyl (C=O) groups is 1. The SMILES string of the molecule is CC(=O)c1cccc(-c2ncc3c(n2)CNC3)c1. The number of hydrogen-bond donors (Lipinski definition) is 1. The number of carbonyl (C=O) groups excluding carboxylic acids is 1. The molecule has 3 rings (SSSR count). The molecule has 0 aliphatic carbocycles. The van der Waals surface area contributed by atoms with Crippen LogP contribution in [0.25, 0.3) is 11.4 Å². The predicted molar refractivity (Wildman–Crippen MR) is 68.0 cm³/mol. The minimum Gasteiger partial charge on any atom is -0.307 e. The van der Waals surface area contributed by atoms with Crippen LogP contribution in [0.3, 0.4) is 0 Å². The Morgan fingerprint density at radius 3 is 3.06 bits per heavy atom. The summed E-state index contributed by atoms with van der Waals surface area (Å²) >= 11 is 0. The summed E-state index contributed by atoms with van der Waals surface area (Å²) in [4.78, 5) is 20.3. The molecule has 1 aliphatic heterocycles. The quantitative estimate of drug-likeness (QED) is 0.814. The van der Waals surface area contributed by atoms with Crippen LogP contribution in [0.2, 0.25) is 0 Å². The van der Waals surface area contributed by atoms with E-state index in [0.29, 0.717) is 11.4 Å². The molecule has 0 fully saturated rings. The molecule has 4 nitrogen and oxygen atoms in total. The zero-order valence-corrected chi connectivity index (χ0v) is 10.1. The molecule has 1 N–H and O–H groups in total. The van der Waals surface area contributed by atoms with E-state index in [-0.39, 0.29) is 5.78 Å². The average molecular weight is 239 g/mol. The lowest BCUT2D eigenvalue weighted by Crippen LogP contribution is -2.00. The molecule has 0 saturated carbocycles. The topological polar surface area (TPSA) is 54.9 Å². The fraction of sp³-hybridized carbons (Fsp3) is 0.214. The number of aromatic nitrogens is 2. The Morgan fingerprint density at radius 1 is 1.33 bits per heavy atom. The van der Waals surface area contributed by atoms with Crippen molar-refractivity contribution in [2.75, 3.05) is 0 Å². The van der Waals surface area contributed by atoms with Crippen molar-refractivity contribution in [3.05, 3.63) is 47.3 Å². The van der Waals surface area contributed by atoms with Crippen LogP contribution in [0, 0.1) is 0 Å². The second-order valence-corrected chi connectivity index (χ2v) is 4.41. The molecule has 1 aromatic carbocycles. The van der Waals surface area contributed by atoms with Gasteiger partial charge in [0.1, 0.15) is 0 Å². The molecule has 0 amide bonds. The second-order valence-electron chi connectivity index (χ2n) is 4.41. The molecule has 1 aromatic heterocycles. The Labute approximate surface area is 105 Å². The van der Waals surface area contributed by atoms with Gasteiger partial charge in [0.05, 0.1) is 5.69 Å². The Balaban J connectivity index is 2.04. The van der Waals surface area contributed by atoms with Crippen molar-refractivity contribution in [1.82, 2.24) is 15.3 Å². The van der Waals surface area contributed by atoms with Gasteiger partial charge in [0.25, 0.3) is 0 Å². The maximum atomic E-state index is 11.4. The third-order valence-corrected chi connectivity index (χ3v) is 3.09. The van der Waals surface area contributed by atoms with Crippen molar-refractivity contribution in [1.29, 1.82) is 0 Å². The first-order chi connectivity index (χ1) is 8.74. The minimum atomic E-state index is 0.0553. The standard InChI is InChI=1S/C14H13N3O/c1-9(18)10-3-2-4-11(5-10)14-16-7-12-6-15-8-13(12)17-14/h2-5,7,15H,6,8H2,1H3. The number of nitrogens with zero attached hydrogens (tertiary/aromatic N) is 2. The molecule has 2 heterocycles. The monoisotopic (exact) mass is 239 g/mol. The van der Waals surface area contributed by atoms with Gasteiger partial charge in [-0.15, -0.1) is 0 Å². The highest BCUT2D eigenvalue weighted by molar-refractivity contribution is 5.95. The Bertz CT molecular complexity index is 622. The largest absolute Gasteiger partial charge is 0.307 e. The molecule has 0 atom stereocenters. The summed E-state index contributed by atoms with van der Waals surface area (Å²) in [7, 11) is 0. The van der Waals surface area contributed by atoms with Crippen LogP contribution in [-0.2, 0) is 13.1 Å². The van der Waals surface area contributed by atoms with E-state index in [9.17, 15) is 4.79 Å². The van der Waals surface area contributed by atoms with Gasteiger partial charge in [-0.3, -0.25) is 4.79 Å². The van der Waals surface area contributed by atoms with Crippen LogP contribution in [0.4, 0.5) is 0 Å². The van der Waals surface area contributed by atoms with Crippen LogP contribution in [-0.4, -0.2) is 15.8 Å². The van der Waals surface area contributed by atoms with Gasteiger partial charge < -0.3 is 5.32 Å². The smallest absolute Gasteiger partial charge is 0.159 e. The van der Waals surface area contributed by atoms with Gasteiger partial charge in [0.2, 0.25) is 0 Å². The molecule has 4 heteroatoms. The van der Waals surface area contributed by atoms with E-state index < -0.39 is 0 Å². The lowest BCUT2D eigenvalue weighted by atomic mass is 10.1. The van der Waals surface area contributed by atoms with Gasteiger partial charge in [0.15, 0.2) is 11.6 Å². The molecule has 18 heavy (non-hydrogen) atoms. The molecule has 90 valence electrons. The number of rotatable bonds is 2. The molecule has 0 bridgehead atoms. The van der Waals surface area contributed by atoms with E-state index in [1.165, 1.54) is 0 Å². The molecule has 1 aliphatic rings. The van der Waals surface area contributed by atoms with Gasteiger partial charge in [-0.25, -0.2) is 9.97 Å². The fourth-order valence-electron chi connectivity index (χ4n) is 2.07. The minimum absolute atomic E-state index is 0.0553. The molecule has 2 aromatic rings. The maximum Gasteiger partial charge on any atom is 0.159 e. The van der Waals surface area contributed by atoms with Gasteiger partial charge in [-0.1, -0.05) is 18.2 Å². The number of fused-ring (bicyclic) bond motifs is 1. The van der Waals surface area contributed by atoms with Crippen LogP contribution in [0.1, 0.15) is 28.5 Å². The van der Waals surface area contributed by atoms with E-state index in [4.69, 9.17) is 0 Å². The summed E-state index contributed by atoms with van der Waals surface area (Å²) in [5.74, 6) is 0.736. The lowest BCUT2D eigenvalue weighted by molar-refractivity contribution is 0.101.